The topological polar surface area (TPSA) is 64.4 Å². The molecule has 1 aliphatic rings. The monoisotopic (exact) mass is 424 g/mol. The van der Waals surface area contributed by atoms with E-state index >= 15 is 0 Å². The van der Waals surface area contributed by atoms with Crippen LogP contribution < -0.4 is 15.3 Å². The summed E-state index contributed by atoms with van der Waals surface area (Å²) in [6.07, 6.45) is 0. The Labute approximate surface area is 181 Å². The number of anilines is 2. The lowest BCUT2D eigenvalue weighted by atomic mass is 10.1. The maximum absolute atomic E-state index is 12.1. The van der Waals surface area contributed by atoms with Crippen LogP contribution in [0.3, 0.4) is 0 Å². The fraction of sp³-hybridized carbons (Fsp3) is 0.375. The predicted molar refractivity (Wildman–Crippen MR) is 120 cm³/mol. The van der Waals surface area contributed by atoms with Crippen LogP contribution in [0.5, 0.6) is 5.75 Å². The summed E-state index contributed by atoms with van der Waals surface area (Å²) in [5.74, 6) is 0.784. The summed E-state index contributed by atoms with van der Waals surface area (Å²) in [6, 6.07) is 15.1. The molecule has 0 radical (unpaired) electrons. The molecule has 7 nitrogen and oxygen atoms in total. The molecule has 0 bridgehead atoms. The van der Waals surface area contributed by atoms with Crippen LogP contribution in [0.4, 0.5) is 11.4 Å². The zero-order valence-corrected chi connectivity index (χ0v) is 18.0. The van der Waals surface area contributed by atoms with Crippen LogP contribution in [-0.4, -0.2) is 58.5 Å². The third kappa shape index (κ3) is 5.07. The Hall–Kier alpha value is -2.87. The second-order valence-electron chi connectivity index (χ2n) is 7.53. The number of hydrogen-bond acceptors (Lipinski definition) is 7. The number of benzene rings is 2. The highest BCUT2D eigenvalue weighted by atomic mass is 16.5. The first kappa shape index (κ1) is 21.4. The summed E-state index contributed by atoms with van der Waals surface area (Å²) >= 11 is 0. The molecule has 1 aromatic heterocycles. The van der Waals surface area contributed by atoms with Gasteiger partial charge < -0.3 is 23.5 Å². The molecule has 1 fully saturated rings. The van der Waals surface area contributed by atoms with E-state index in [-0.39, 0.29) is 5.63 Å². The Morgan fingerprint density at radius 2 is 1.90 bits per heavy atom. The van der Waals surface area contributed by atoms with Gasteiger partial charge in [0.05, 0.1) is 25.5 Å². The van der Waals surface area contributed by atoms with Gasteiger partial charge in [-0.1, -0.05) is 18.2 Å². The maximum Gasteiger partial charge on any atom is 0.338 e. The number of rotatable bonds is 8. The predicted octanol–water partition coefficient (Wildman–Crippen LogP) is 3.42. The lowest BCUT2D eigenvalue weighted by Gasteiger charge is -2.27. The smallest absolute Gasteiger partial charge is 0.338 e. The van der Waals surface area contributed by atoms with Crippen molar-refractivity contribution in [1.82, 2.24) is 4.90 Å². The van der Waals surface area contributed by atoms with Gasteiger partial charge in [0.25, 0.3) is 0 Å². The highest BCUT2D eigenvalue weighted by Crippen LogP contribution is 2.33. The van der Waals surface area contributed by atoms with Crippen molar-refractivity contribution in [3.63, 3.8) is 0 Å². The van der Waals surface area contributed by atoms with E-state index in [2.05, 4.69) is 4.90 Å². The second kappa shape index (κ2) is 9.96. The van der Waals surface area contributed by atoms with Crippen LogP contribution in [0, 0.1) is 0 Å². The fourth-order valence-electron chi connectivity index (χ4n) is 3.78. The van der Waals surface area contributed by atoms with Crippen molar-refractivity contribution < 1.29 is 18.6 Å². The lowest BCUT2D eigenvalue weighted by molar-refractivity contribution is 0.0321. The van der Waals surface area contributed by atoms with E-state index in [9.17, 15) is 4.79 Å². The van der Waals surface area contributed by atoms with Gasteiger partial charge in [-0.15, -0.1) is 0 Å². The summed E-state index contributed by atoms with van der Waals surface area (Å²) in [7, 11) is 3.61. The molecule has 4 rings (SSSR count). The molecule has 1 aliphatic heterocycles. The molecule has 3 aromatic rings. The van der Waals surface area contributed by atoms with Crippen LogP contribution in [0.25, 0.3) is 11.0 Å². The van der Waals surface area contributed by atoms with Gasteiger partial charge in [0.1, 0.15) is 17.9 Å². The number of nitrogens with zero attached hydrogens (tertiary/aromatic N) is 2. The van der Waals surface area contributed by atoms with E-state index in [1.807, 2.05) is 48.3 Å². The molecule has 0 unspecified atom stereocenters. The van der Waals surface area contributed by atoms with Crippen molar-refractivity contribution in [3.8, 4) is 5.75 Å². The first-order valence-corrected chi connectivity index (χ1v) is 10.5. The van der Waals surface area contributed by atoms with E-state index < -0.39 is 0 Å². The molecule has 0 aliphatic carbocycles. The Morgan fingerprint density at radius 1 is 1.10 bits per heavy atom. The van der Waals surface area contributed by atoms with Gasteiger partial charge in [0.2, 0.25) is 0 Å². The number of para-hydroxylation sites is 1. The quantitative estimate of drug-likeness (QED) is 0.514. The molecule has 0 N–H and O–H groups in total. The van der Waals surface area contributed by atoms with Gasteiger partial charge in [-0.2, -0.15) is 0 Å². The van der Waals surface area contributed by atoms with E-state index in [1.165, 1.54) is 6.07 Å². The molecule has 7 heteroatoms. The van der Waals surface area contributed by atoms with E-state index in [0.29, 0.717) is 18.8 Å². The minimum absolute atomic E-state index is 0.376. The molecule has 31 heavy (non-hydrogen) atoms. The van der Waals surface area contributed by atoms with Gasteiger partial charge in [-0.05, 0) is 18.2 Å². The molecular weight excluding hydrogens is 396 g/mol. The minimum Gasteiger partial charge on any atom is -0.492 e. The number of fused-ring (bicyclic) bond motifs is 1. The third-order valence-corrected chi connectivity index (χ3v) is 5.50. The van der Waals surface area contributed by atoms with Gasteiger partial charge >= 0.3 is 5.63 Å². The van der Waals surface area contributed by atoms with Crippen molar-refractivity contribution in [1.29, 1.82) is 0 Å². The zero-order valence-electron chi connectivity index (χ0n) is 18.0. The third-order valence-electron chi connectivity index (χ3n) is 5.50. The van der Waals surface area contributed by atoms with Crippen molar-refractivity contribution in [2.45, 2.75) is 6.61 Å². The maximum atomic E-state index is 12.1. The largest absolute Gasteiger partial charge is 0.492 e. The van der Waals surface area contributed by atoms with Crippen LogP contribution in [-0.2, 0) is 16.1 Å². The van der Waals surface area contributed by atoms with Crippen molar-refractivity contribution >= 4 is 22.3 Å². The van der Waals surface area contributed by atoms with Gasteiger partial charge in [-0.3, -0.25) is 4.90 Å². The summed E-state index contributed by atoms with van der Waals surface area (Å²) < 4.78 is 22.3. The number of morpholine rings is 1. The average molecular weight is 424 g/mol. The highest BCUT2D eigenvalue weighted by Gasteiger charge is 2.15. The van der Waals surface area contributed by atoms with Gasteiger partial charge in [-0.25, -0.2) is 4.79 Å². The number of methoxy groups -OCH3 is 1. The van der Waals surface area contributed by atoms with Crippen molar-refractivity contribution in [3.05, 3.63) is 64.5 Å². The first-order valence-electron chi connectivity index (χ1n) is 10.5. The van der Waals surface area contributed by atoms with Gasteiger partial charge in [0.15, 0.2) is 0 Å². The number of ether oxygens (including phenoxy) is 3. The summed E-state index contributed by atoms with van der Waals surface area (Å²) in [5, 5.41) is 0.875. The second-order valence-corrected chi connectivity index (χ2v) is 7.53. The van der Waals surface area contributed by atoms with Crippen LogP contribution in [0.1, 0.15) is 5.56 Å². The van der Waals surface area contributed by atoms with Crippen molar-refractivity contribution in [2.75, 3.05) is 58.5 Å². The molecule has 2 heterocycles. The molecule has 2 aromatic carbocycles. The van der Waals surface area contributed by atoms with Crippen molar-refractivity contribution in [2.24, 2.45) is 0 Å². The van der Waals surface area contributed by atoms with Crippen LogP contribution in [0.15, 0.2) is 57.7 Å². The molecule has 0 saturated carbocycles. The number of hydrogen-bond donors (Lipinski definition) is 0. The Bertz CT molecular complexity index is 1070. The first-order chi connectivity index (χ1) is 15.2. The molecule has 1 saturated heterocycles. The fourth-order valence-corrected chi connectivity index (χ4v) is 3.78. The van der Waals surface area contributed by atoms with E-state index in [1.54, 1.807) is 13.2 Å². The summed E-state index contributed by atoms with van der Waals surface area (Å²) in [4.78, 5) is 16.4. The standard InChI is InChI=1S/C24H28N2O5/c1-25(21-16-24(27)31-22-6-4-3-5-20(21)22)19-8-7-18(17-28-2)23(15-19)30-14-11-26-9-12-29-13-10-26/h3-8,15-16H,9-14,17H2,1-2H3. The van der Waals surface area contributed by atoms with Gasteiger partial charge in [0, 0.05) is 62.6 Å². The molecule has 0 spiro atoms. The SMILES string of the molecule is COCc1ccc(N(C)c2cc(=O)oc3ccccc23)cc1OCCN1CCOCC1. The van der Waals surface area contributed by atoms with E-state index in [0.717, 1.165) is 60.9 Å². The van der Waals surface area contributed by atoms with Crippen LogP contribution >= 0.6 is 0 Å². The lowest BCUT2D eigenvalue weighted by Crippen LogP contribution is -2.38. The average Bonchev–Trinajstić information content (AvgIpc) is 2.80. The molecular formula is C24H28N2O5. The normalized spacial score (nSPS) is 14.6. The Balaban J connectivity index is 1.58. The Kier molecular flexibility index (Phi) is 6.86. The molecule has 164 valence electrons. The summed E-state index contributed by atoms with van der Waals surface area (Å²) in [5.41, 5.74) is 2.87. The Morgan fingerprint density at radius 3 is 2.71 bits per heavy atom. The molecule has 0 amide bonds. The minimum atomic E-state index is -0.376. The summed E-state index contributed by atoms with van der Waals surface area (Å²) in [6.45, 7) is 5.31. The highest BCUT2D eigenvalue weighted by molar-refractivity contribution is 5.92. The van der Waals surface area contributed by atoms with E-state index in [4.69, 9.17) is 18.6 Å². The van der Waals surface area contributed by atoms with Crippen LogP contribution in [0.2, 0.25) is 0 Å². The zero-order chi connectivity index (χ0) is 21.6. The molecule has 0 atom stereocenters.